The fourth-order valence-electron chi connectivity index (χ4n) is 2.30. The maximum absolute atomic E-state index is 11.3. The van der Waals surface area contributed by atoms with Crippen LogP contribution in [0.2, 0.25) is 0 Å². The summed E-state index contributed by atoms with van der Waals surface area (Å²) in [6.45, 7) is 0. The molecule has 0 aliphatic heterocycles. The van der Waals surface area contributed by atoms with Gasteiger partial charge in [0.25, 0.3) is 0 Å². The van der Waals surface area contributed by atoms with Gasteiger partial charge in [-0.1, -0.05) is 30.3 Å². The van der Waals surface area contributed by atoms with E-state index in [2.05, 4.69) is 12.1 Å². The summed E-state index contributed by atoms with van der Waals surface area (Å²) in [6.07, 6.45) is 0.773. The molecule has 0 bridgehead atoms. The van der Waals surface area contributed by atoms with Crippen LogP contribution in [0, 0.1) is 0 Å². The predicted octanol–water partition coefficient (Wildman–Crippen LogP) is 1.91. The van der Waals surface area contributed by atoms with E-state index in [9.17, 15) is 8.42 Å². The van der Waals surface area contributed by atoms with Crippen LogP contribution in [0.4, 0.5) is 0 Å². The van der Waals surface area contributed by atoms with Crippen molar-refractivity contribution >= 4 is 10.0 Å². The zero-order chi connectivity index (χ0) is 12.0. The maximum atomic E-state index is 11.3. The average molecular weight is 245 g/mol. The van der Waals surface area contributed by atoms with Crippen molar-refractivity contribution in [2.24, 2.45) is 5.14 Å². The van der Waals surface area contributed by atoms with Gasteiger partial charge in [-0.15, -0.1) is 0 Å². The van der Waals surface area contributed by atoms with Gasteiger partial charge in [0, 0.05) is 0 Å². The molecule has 1 aliphatic rings. The summed E-state index contributed by atoms with van der Waals surface area (Å²) in [5.41, 5.74) is 4.54. The molecule has 0 saturated carbocycles. The number of primary sulfonamides is 1. The molecule has 2 aromatic carbocycles. The van der Waals surface area contributed by atoms with Gasteiger partial charge in [-0.25, -0.2) is 13.6 Å². The smallest absolute Gasteiger partial charge is 0.225 e. The predicted molar refractivity (Wildman–Crippen MR) is 66.1 cm³/mol. The summed E-state index contributed by atoms with van der Waals surface area (Å²) in [5.74, 6) is 0. The van der Waals surface area contributed by atoms with Crippen molar-refractivity contribution in [3.8, 4) is 11.1 Å². The molecule has 1 aliphatic carbocycles. The Bertz CT molecular complexity index is 705. The number of nitrogens with two attached hydrogens (primary N) is 1. The fourth-order valence-corrected chi connectivity index (χ4v) is 2.86. The molecule has 86 valence electrons. The Kier molecular flexibility index (Phi) is 2.11. The normalized spacial score (nSPS) is 13.2. The lowest BCUT2D eigenvalue weighted by atomic mass is 10.1. The largest absolute Gasteiger partial charge is 0.238 e. The first-order valence-electron chi connectivity index (χ1n) is 5.30. The van der Waals surface area contributed by atoms with Crippen molar-refractivity contribution < 1.29 is 8.42 Å². The van der Waals surface area contributed by atoms with Crippen LogP contribution >= 0.6 is 0 Å². The molecule has 0 atom stereocenters. The van der Waals surface area contributed by atoms with Gasteiger partial charge in [0.15, 0.2) is 0 Å². The Hall–Kier alpha value is -1.65. The molecule has 4 heteroatoms. The lowest BCUT2D eigenvalue weighted by molar-refractivity contribution is 0.597. The second-order valence-electron chi connectivity index (χ2n) is 4.20. The van der Waals surface area contributed by atoms with Crippen LogP contribution in [0.5, 0.6) is 0 Å². The van der Waals surface area contributed by atoms with Crippen LogP contribution in [0.25, 0.3) is 11.1 Å². The van der Waals surface area contributed by atoms with Crippen molar-refractivity contribution in [3.63, 3.8) is 0 Å². The topological polar surface area (TPSA) is 60.2 Å². The molecule has 2 N–H and O–H groups in total. The lowest BCUT2D eigenvalue weighted by Crippen LogP contribution is -2.12. The molecule has 0 spiro atoms. The average Bonchev–Trinajstić information content (AvgIpc) is 2.65. The highest BCUT2D eigenvalue weighted by Crippen LogP contribution is 2.37. The fraction of sp³-hybridized carbons (Fsp3) is 0.0769. The van der Waals surface area contributed by atoms with Gasteiger partial charge >= 0.3 is 0 Å². The molecule has 0 unspecified atom stereocenters. The molecule has 3 nitrogen and oxygen atoms in total. The van der Waals surface area contributed by atoms with Crippen molar-refractivity contribution in [3.05, 3.63) is 53.6 Å². The van der Waals surface area contributed by atoms with E-state index in [-0.39, 0.29) is 4.90 Å². The highest BCUT2D eigenvalue weighted by atomic mass is 32.2. The summed E-state index contributed by atoms with van der Waals surface area (Å²) in [5, 5.41) is 5.13. The zero-order valence-electron chi connectivity index (χ0n) is 9.05. The molecule has 0 saturated heterocycles. The summed E-state index contributed by atoms with van der Waals surface area (Å²) < 4.78 is 22.6. The van der Waals surface area contributed by atoms with E-state index in [0.717, 1.165) is 17.5 Å². The second kappa shape index (κ2) is 3.42. The van der Waals surface area contributed by atoms with Crippen LogP contribution in [0.1, 0.15) is 11.1 Å². The van der Waals surface area contributed by atoms with Gasteiger partial charge in [-0.2, -0.15) is 0 Å². The van der Waals surface area contributed by atoms with E-state index in [1.54, 1.807) is 12.1 Å². The minimum atomic E-state index is -3.61. The Labute approximate surface area is 99.9 Å². The second-order valence-corrected chi connectivity index (χ2v) is 5.76. The first-order chi connectivity index (χ1) is 8.05. The molecule has 3 rings (SSSR count). The van der Waals surface area contributed by atoms with Gasteiger partial charge in [0.1, 0.15) is 0 Å². The molecular weight excluding hydrogens is 234 g/mol. The molecule has 0 heterocycles. The molecule has 0 amide bonds. The van der Waals surface area contributed by atoms with Crippen molar-refractivity contribution in [2.45, 2.75) is 11.3 Å². The Balaban J connectivity index is 2.20. The number of benzene rings is 2. The molecule has 17 heavy (non-hydrogen) atoms. The lowest BCUT2D eigenvalue weighted by Gasteiger charge is -2.03. The Morgan fingerprint density at radius 1 is 0.941 bits per heavy atom. The standard InChI is InChI=1S/C13H11NO2S/c14-17(15,16)11-5-6-13-10(8-11)7-9-3-1-2-4-12(9)13/h1-6,8H,7H2,(H2,14,15,16). The summed E-state index contributed by atoms with van der Waals surface area (Å²) in [4.78, 5) is 0.184. The van der Waals surface area contributed by atoms with Crippen molar-refractivity contribution in [1.29, 1.82) is 0 Å². The first kappa shape index (κ1) is 10.5. The summed E-state index contributed by atoms with van der Waals surface area (Å²) in [6, 6.07) is 13.2. The quantitative estimate of drug-likeness (QED) is 0.712. The third-order valence-electron chi connectivity index (χ3n) is 3.09. The van der Waals surface area contributed by atoms with Gasteiger partial charge in [0.2, 0.25) is 10.0 Å². The number of sulfonamides is 1. The van der Waals surface area contributed by atoms with Gasteiger partial charge in [0.05, 0.1) is 4.90 Å². The highest BCUT2D eigenvalue weighted by molar-refractivity contribution is 7.89. The SMILES string of the molecule is NS(=O)(=O)c1ccc2c(c1)Cc1ccccc1-2. The first-order valence-corrected chi connectivity index (χ1v) is 6.84. The van der Waals surface area contributed by atoms with Crippen LogP contribution in [0.3, 0.4) is 0 Å². The monoisotopic (exact) mass is 245 g/mol. The molecular formula is C13H11NO2S. The van der Waals surface area contributed by atoms with E-state index in [0.29, 0.717) is 0 Å². The van der Waals surface area contributed by atoms with E-state index in [1.807, 2.05) is 18.2 Å². The van der Waals surface area contributed by atoms with E-state index >= 15 is 0 Å². The van der Waals surface area contributed by atoms with Crippen molar-refractivity contribution in [2.75, 3.05) is 0 Å². The summed E-state index contributed by atoms with van der Waals surface area (Å²) >= 11 is 0. The molecule has 0 radical (unpaired) electrons. The number of hydrogen-bond acceptors (Lipinski definition) is 2. The van der Waals surface area contributed by atoms with E-state index < -0.39 is 10.0 Å². The number of hydrogen-bond donors (Lipinski definition) is 1. The zero-order valence-corrected chi connectivity index (χ0v) is 9.87. The van der Waals surface area contributed by atoms with E-state index in [1.165, 1.54) is 11.1 Å². The maximum Gasteiger partial charge on any atom is 0.238 e. The minimum absolute atomic E-state index is 0.184. The third kappa shape index (κ3) is 1.66. The Morgan fingerprint density at radius 3 is 2.41 bits per heavy atom. The molecule has 0 fully saturated rings. The van der Waals surface area contributed by atoms with E-state index in [4.69, 9.17) is 5.14 Å². The number of rotatable bonds is 1. The third-order valence-corrected chi connectivity index (χ3v) is 4.00. The van der Waals surface area contributed by atoms with Crippen LogP contribution in [-0.4, -0.2) is 8.42 Å². The van der Waals surface area contributed by atoms with Crippen molar-refractivity contribution in [1.82, 2.24) is 0 Å². The van der Waals surface area contributed by atoms with Gasteiger partial charge in [-0.3, -0.25) is 0 Å². The van der Waals surface area contributed by atoms with Crippen LogP contribution in [0.15, 0.2) is 47.4 Å². The Morgan fingerprint density at radius 2 is 1.65 bits per heavy atom. The van der Waals surface area contributed by atoms with Crippen LogP contribution in [-0.2, 0) is 16.4 Å². The highest BCUT2D eigenvalue weighted by Gasteiger charge is 2.19. The number of fused-ring (bicyclic) bond motifs is 3. The molecule has 0 aromatic heterocycles. The van der Waals surface area contributed by atoms with Crippen LogP contribution < -0.4 is 5.14 Å². The summed E-state index contributed by atoms with van der Waals surface area (Å²) in [7, 11) is -3.61. The van der Waals surface area contributed by atoms with Gasteiger partial charge < -0.3 is 0 Å². The minimum Gasteiger partial charge on any atom is -0.225 e. The van der Waals surface area contributed by atoms with Gasteiger partial charge in [-0.05, 0) is 40.8 Å². The molecule has 2 aromatic rings.